The molecule has 0 radical (unpaired) electrons. The van der Waals surface area contributed by atoms with Gasteiger partial charge in [0.15, 0.2) is 5.75 Å². The summed E-state index contributed by atoms with van der Waals surface area (Å²) in [7, 11) is 3.15. The average Bonchev–Trinajstić information content (AvgIpc) is 3.39. The third-order valence-electron chi connectivity index (χ3n) is 5.38. The first-order chi connectivity index (χ1) is 16.8. The van der Waals surface area contributed by atoms with Crippen molar-refractivity contribution < 1.29 is 9.90 Å². The molecular formula is C25H25N5O4S. The van der Waals surface area contributed by atoms with Crippen LogP contribution in [0.1, 0.15) is 28.2 Å². The zero-order valence-corrected chi connectivity index (χ0v) is 20.2. The van der Waals surface area contributed by atoms with Crippen LogP contribution in [-0.4, -0.2) is 39.8 Å². The summed E-state index contributed by atoms with van der Waals surface area (Å²) >= 11 is 1.52. The standard InChI is InChI=1S/C25H25N5O4S/c1-15(19-13-8-14-35-19)26-20-21(25(34)30(28-23(20)32)16-9-5-4-6-10-16)27-18-12-7-11-17(22(18)31)24(33)29(2)3/h4-15,26-27,31H,1-3H3,(H,28,32)/t15-/m1/s1. The minimum atomic E-state index is -0.541. The van der Waals surface area contributed by atoms with Gasteiger partial charge in [-0.2, -0.15) is 0 Å². The molecule has 0 unspecified atom stereocenters. The molecule has 0 spiro atoms. The van der Waals surface area contributed by atoms with Crippen molar-refractivity contribution in [3.05, 3.63) is 97.2 Å². The number of aromatic amines is 1. The molecule has 0 fully saturated rings. The van der Waals surface area contributed by atoms with Gasteiger partial charge in [0.1, 0.15) is 11.4 Å². The van der Waals surface area contributed by atoms with Crippen LogP contribution < -0.4 is 21.8 Å². The molecule has 0 aliphatic heterocycles. The highest BCUT2D eigenvalue weighted by molar-refractivity contribution is 7.10. The molecule has 0 saturated heterocycles. The summed E-state index contributed by atoms with van der Waals surface area (Å²) in [4.78, 5) is 41.6. The molecule has 0 bridgehead atoms. The highest BCUT2D eigenvalue weighted by atomic mass is 32.1. The Morgan fingerprint density at radius 2 is 1.77 bits per heavy atom. The monoisotopic (exact) mass is 491 g/mol. The minimum Gasteiger partial charge on any atom is -0.505 e. The van der Waals surface area contributed by atoms with Gasteiger partial charge in [0.25, 0.3) is 17.0 Å². The summed E-state index contributed by atoms with van der Waals surface area (Å²) in [6.45, 7) is 1.88. The zero-order valence-electron chi connectivity index (χ0n) is 19.4. The van der Waals surface area contributed by atoms with E-state index in [4.69, 9.17) is 0 Å². The van der Waals surface area contributed by atoms with Gasteiger partial charge in [-0.15, -0.1) is 11.3 Å². The largest absolute Gasteiger partial charge is 0.505 e. The van der Waals surface area contributed by atoms with Gasteiger partial charge in [0, 0.05) is 19.0 Å². The second-order valence-electron chi connectivity index (χ2n) is 8.07. The molecular weight excluding hydrogens is 466 g/mol. The van der Waals surface area contributed by atoms with Gasteiger partial charge in [0.05, 0.1) is 23.0 Å². The van der Waals surface area contributed by atoms with Gasteiger partial charge >= 0.3 is 0 Å². The van der Waals surface area contributed by atoms with Crippen molar-refractivity contribution in [2.45, 2.75) is 13.0 Å². The molecule has 0 aliphatic rings. The number of phenolic OH excluding ortho intramolecular Hbond substituents is 1. The number of aromatic hydroxyl groups is 1. The van der Waals surface area contributed by atoms with E-state index < -0.39 is 17.0 Å². The number of thiophene rings is 1. The number of benzene rings is 2. The molecule has 0 saturated carbocycles. The third-order valence-corrected chi connectivity index (χ3v) is 6.44. The molecule has 1 amide bonds. The Labute approximate surface area is 205 Å². The van der Waals surface area contributed by atoms with Gasteiger partial charge < -0.3 is 20.6 Å². The Morgan fingerprint density at radius 3 is 2.43 bits per heavy atom. The number of aromatic nitrogens is 2. The highest BCUT2D eigenvalue weighted by Gasteiger charge is 2.22. The zero-order chi connectivity index (χ0) is 25.1. The van der Waals surface area contributed by atoms with E-state index in [1.165, 1.54) is 28.4 Å². The van der Waals surface area contributed by atoms with Gasteiger partial charge in [-0.1, -0.05) is 30.3 Å². The van der Waals surface area contributed by atoms with E-state index in [0.29, 0.717) is 5.69 Å². The van der Waals surface area contributed by atoms with Crippen molar-refractivity contribution in [3.63, 3.8) is 0 Å². The van der Waals surface area contributed by atoms with Crippen LogP contribution in [0.2, 0.25) is 0 Å². The van der Waals surface area contributed by atoms with E-state index in [1.54, 1.807) is 50.5 Å². The van der Waals surface area contributed by atoms with Gasteiger partial charge in [0.2, 0.25) is 0 Å². The summed E-state index contributed by atoms with van der Waals surface area (Å²) in [5, 5.41) is 21.4. The lowest BCUT2D eigenvalue weighted by molar-refractivity contribution is 0.0824. The molecule has 35 heavy (non-hydrogen) atoms. The summed E-state index contributed by atoms with van der Waals surface area (Å²) in [5.41, 5.74) is -0.463. The molecule has 10 heteroatoms. The van der Waals surface area contributed by atoms with Crippen molar-refractivity contribution in [2.75, 3.05) is 24.7 Å². The molecule has 9 nitrogen and oxygen atoms in total. The first-order valence-corrected chi connectivity index (χ1v) is 11.7. The highest BCUT2D eigenvalue weighted by Crippen LogP contribution is 2.32. The third kappa shape index (κ3) is 4.82. The molecule has 0 aliphatic carbocycles. The number of carbonyl (C=O) groups is 1. The maximum absolute atomic E-state index is 13.6. The lowest BCUT2D eigenvalue weighted by Crippen LogP contribution is -2.33. The first-order valence-electron chi connectivity index (χ1n) is 10.8. The number of phenols is 1. The van der Waals surface area contributed by atoms with Gasteiger partial charge in [-0.3, -0.25) is 19.5 Å². The second-order valence-corrected chi connectivity index (χ2v) is 9.05. The molecule has 4 N–H and O–H groups in total. The topological polar surface area (TPSA) is 119 Å². The maximum Gasteiger partial charge on any atom is 0.295 e. The minimum absolute atomic E-state index is 0.0202. The Balaban J connectivity index is 1.86. The predicted molar refractivity (Wildman–Crippen MR) is 138 cm³/mol. The number of H-pyrrole nitrogens is 1. The number of anilines is 3. The molecule has 1 atom stereocenters. The SMILES string of the molecule is C[C@@H](Nc1c(Nc2cccc(C(=O)N(C)C)c2O)c(=O)n(-c2ccccc2)[nH]c1=O)c1cccs1. The Bertz CT molecular complexity index is 1460. The summed E-state index contributed by atoms with van der Waals surface area (Å²) in [6.07, 6.45) is 0. The summed E-state index contributed by atoms with van der Waals surface area (Å²) in [5.74, 6) is -0.724. The molecule has 2 aromatic heterocycles. The van der Waals surface area contributed by atoms with Crippen LogP contribution in [0, 0.1) is 0 Å². The number of para-hydroxylation sites is 2. The Kier molecular flexibility index (Phi) is 6.74. The normalized spacial score (nSPS) is 11.6. The maximum atomic E-state index is 13.6. The van der Waals surface area contributed by atoms with Crippen LogP contribution in [0.3, 0.4) is 0 Å². The quantitative estimate of drug-likeness (QED) is 0.291. The van der Waals surface area contributed by atoms with Gasteiger partial charge in [-0.25, -0.2) is 4.68 Å². The number of nitrogens with one attached hydrogen (secondary N) is 3. The molecule has 4 aromatic rings. The number of hydrogen-bond donors (Lipinski definition) is 4. The first kappa shape index (κ1) is 23.8. The van der Waals surface area contributed by atoms with Crippen LogP contribution in [-0.2, 0) is 0 Å². The van der Waals surface area contributed by atoms with Crippen molar-refractivity contribution in [1.29, 1.82) is 0 Å². The Hall–Kier alpha value is -4.31. The van der Waals surface area contributed by atoms with Crippen LogP contribution >= 0.6 is 11.3 Å². The van der Waals surface area contributed by atoms with Gasteiger partial charge in [-0.05, 0) is 42.6 Å². The van der Waals surface area contributed by atoms with Crippen molar-refractivity contribution in [3.8, 4) is 11.4 Å². The van der Waals surface area contributed by atoms with Crippen LogP contribution in [0.25, 0.3) is 5.69 Å². The smallest absolute Gasteiger partial charge is 0.295 e. The van der Waals surface area contributed by atoms with E-state index >= 15 is 0 Å². The van der Waals surface area contributed by atoms with Crippen LogP contribution in [0.4, 0.5) is 17.1 Å². The van der Waals surface area contributed by atoms with E-state index in [-0.39, 0.29) is 34.4 Å². The fourth-order valence-corrected chi connectivity index (χ4v) is 4.31. The molecule has 2 aromatic carbocycles. The summed E-state index contributed by atoms with van der Waals surface area (Å²) < 4.78 is 1.14. The number of nitrogens with zero attached hydrogens (tertiary/aromatic N) is 2. The van der Waals surface area contributed by atoms with Crippen LogP contribution in [0.5, 0.6) is 5.75 Å². The summed E-state index contributed by atoms with van der Waals surface area (Å²) in [6, 6.07) is 16.9. The number of hydrogen-bond acceptors (Lipinski definition) is 7. The predicted octanol–water partition coefficient (Wildman–Crippen LogP) is 3.91. The van der Waals surface area contributed by atoms with Crippen LogP contribution in [0.15, 0.2) is 75.6 Å². The van der Waals surface area contributed by atoms with E-state index in [1.807, 2.05) is 24.4 Å². The second kappa shape index (κ2) is 9.90. The number of rotatable bonds is 7. The van der Waals surface area contributed by atoms with Crippen molar-refractivity contribution in [2.24, 2.45) is 0 Å². The fourth-order valence-electron chi connectivity index (χ4n) is 3.57. The molecule has 180 valence electrons. The number of carbonyl (C=O) groups excluding carboxylic acids is 1. The van der Waals surface area contributed by atoms with Crippen molar-refractivity contribution in [1.82, 2.24) is 14.7 Å². The average molecular weight is 492 g/mol. The fraction of sp³-hybridized carbons (Fsp3) is 0.160. The van der Waals surface area contributed by atoms with E-state index in [0.717, 1.165) is 9.56 Å². The lowest BCUT2D eigenvalue weighted by Gasteiger charge is -2.19. The van der Waals surface area contributed by atoms with E-state index in [2.05, 4.69) is 15.7 Å². The molecule has 2 heterocycles. The van der Waals surface area contributed by atoms with Crippen molar-refractivity contribution >= 4 is 34.3 Å². The van der Waals surface area contributed by atoms with E-state index in [9.17, 15) is 19.5 Å². The Morgan fingerprint density at radius 1 is 1.03 bits per heavy atom. The molecule has 4 rings (SSSR count). The number of amides is 1. The lowest BCUT2D eigenvalue weighted by atomic mass is 10.1.